The highest BCUT2D eigenvalue weighted by molar-refractivity contribution is 6.53. The highest BCUT2D eigenvalue weighted by Crippen LogP contribution is 2.31. The van der Waals surface area contributed by atoms with E-state index in [2.05, 4.69) is 15.4 Å². The third-order valence-electron chi connectivity index (χ3n) is 5.73. The first-order valence-corrected chi connectivity index (χ1v) is 11.3. The Morgan fingerprint density at radius 2 is 1.56 bits per heavy atom. The molecule has 0 saturated carbocycles. The van der Waals surface area contributed by atoms with Gasteiger partial charge in [0.2, 0.25) is 0 Å². The van der Waals surface area contributed by atoms with Crippen LogP contribution < -0.4 is 15.5 Å². The van der Waals surface area contributed by atoms with Crippen molar-refractivity contribution in [2.24, 2.45) is 0 Å². The lowest BCUT2D eigenvalue weighted by atomic mass is 10.1. The molecule has 0 spiro atoms. The van der Waals surface area contributed by atoms with Gasteiger partial charge in [-0.2, -0.15) is 0 Å². The number of esters is 1. The summed E-state index contributed by atoms with van der Waals surface area (Å²) < 4.78 is 4.66. The van der Waals surface area contributed by atoms with Gasteiger partial charge in [-0.05, 0) is 79.6 Å². The third kappa shape index (κ3) is 4.85. The zero-order valence-electron chi connectivity index (χ0n) is 19.7. The fourth-order valence-corrected chi connectivity index (χ4v) is 3.82. The van der Waals surface area contributed by atoms with Crippen molar-refractivity contribution in [2.45, 2.75) is 13.8 Å². The average molecular weight is 504 g/mol. The number of aryl methyl sites for hydroxylation is 2. The van der Waals surface area contributed by atoms with Crippen molar-refractivity contribution < 1.29 is 23.9 Å². The van der Waals surface area contributed by atoms with Gasteiger partial charge in [0.1, 0.15) is 10.7 Å². The number of carbonyl (C=O) groups is 4. The second-order valence-corrected chi connectivity index (χ2v) is 8.51. The standard InChI is InChI=1S/C27H22ClN3O5/c1-15-7-12-21(13-16(15)2)31-25(33)22(28)23(26(31)34)29-20-6-4-5-18(14-20)24(32)30-19-10-8-17(9-11-19)27(35)36-3/h4-14,29H,1-3H3,(H,30,32). The van der Waals surface area contributed by atoms with E-state index in [1.807, 2.05) is 19.9 Å². The summed E-state index contributed by atoms with van der Waals surface area (Å²) in [6, 6.07) is 17.9. The van der Waals surface area contributed by atoms with Crippen molar-refractivity contribution in [3.63, 3.8) is 0 Å². The molecule has 9 heteroatoms. The minimum absolute atomic E-state index is 0.0733. The molecule has 1 heterocycles. The second-order valence-electron chi connectivity index (χ2n) is 8.13. The van der Waals surface area contributed by atoms with E-state index >= 15 is 0 Å². The molecule has 2 N–H and O–H groups in total. The number of halogens is 1. The smallest absolute Gasteiger partial charge is 0.337 e. The van der Waals surface area contributed by atoms with Crippen LogP contribution in [0.3, 0.4) is 0 Å². The van der Waals surface area contributed by atoms with Gasteiger partial charge in [0, 0.05) is 16.9 Å². The van der Waals surface area contributed by atoms with Crippen LogP contribution in [0, 0.1) is 13.8 Å². The molecule has 0 bridgehead atoms. The third-order valence-corrected chi connectivity index (χ3v) is 6.08. The minimum atomic E-state index is -0.628. The summed E-state index contributed by atoms with van der Waals surface area (Å²) in [6.07, 6.45) is 0. The number of nitrogens with zero attached hydrogens (tertiary/aromatic N) is 1. The molecular weight excluding hydrogens is 482 g/mol. The van der Waals surface area contributed by atoms with E-state index in [1.165, 1.54) is 25.3 Å². The fourth-order valence-electron chi connectivity index (χ4n) is 3.60. The summed E-state index contributed by atoms with van der Waals surface area (Å²) >= 11 is 6.24. The number of hydrogen-bond donors (Lipinski definition) is 2. The maximum atomic E-state index is 13.1. The molecule has 3 amide bonds. The molecule has 3 aromatic rings. The predicted molar refractivity (Wildman–Crippen MR) is 137 cm³/mol. The van der Waals surface area contributed by atoms with E-state index in [4.69, 9.17) is 11.6 Å². The van der Waals surface area contributed by atoms with E-state index in [1.54, 1.807) is 42.5 Å². The largest absolute Gasteiger partial charge is 0.465 e. The van der Waals surface area contributed by atoms with Crippen molar-refractivity contribution in [3.8, 4) is 0 Å². The zero-order chi connectivity index (χ0) is 26.0. The Morgan fingerprint density at radius 3 is 2.22 bits per heavy atom. The van der Waals surface area contributed by atoms with Gasteiger partial charge in [0.15, 0.2) is 0 Å². The number of ether oxygens (including phenoxy) is 1. The van der Waals surface area contributed by atoms with Crippen LogP contribution in [0.4, 0.5) is 17.1 Å². The molecule has 4 rings (SSSR count). The molecule has 3 aromatic carbocycles. The lowest BCUT2D eigenvalue weighted by Gasteiger charge is -2.16. The lowest BCUT2D eigenvalue weighted by Crippen LogP contribution is -2.32. The lowest BCUT2D eigenvalue weighted by molar-refractivity contribution is -0.120. The number of nitrogens with one attached hydrogen (secondary N) is 2. The number of methoxy groups -OCH3 is 1. The summed E-state index contributed by atoms with van der Waals surface area (Å²) in [6.45, 7) is 3.83. The predicted octanol–water partition coefficient (Wildman–Crippen LogP) is 4.78. The van der Waals surface area contributed by atoms with Crippen LogP contribution in [0.1, 0.15) is 31.8 Å². The number of benzene rings is 3. The topological polar surface area (TPSA) is 105 Å². The van der Waals surface area contributed by atoms with Gasteiger partial charge in [-0.25, -0.2) is 9.69 Å². The van der Waals surface area contributed by atoms with Crippen LogP contribution in [-0.2, 0) is 14.3 Å². The van der Waals surface area contributed by atoms with Crippen molar-refractivity contribution in [2.75, 3.05) is 22.6 Å². The maximum Gasteiger partial charge on any atom is 0.337 e. The van der Waals surface area contributed by atoms with Gasteiger partial charge in [0.05, 0.1) is 18.4 Å². The first kappa shape index (κ1) is 24.7. The van der Waals surface area contributed by atoms with Crippen molar-refractivity contribution >= 4 is 52.4 Å². The number of anilines is 3. The van der Waals surface area contributed by atoms with Crippen LogP contribution in [0.15, 0.2) is 77.5 Å². The van der Waals surface area contributed by atoms with E-state index in [0.29, 0.717) is 28.2 Å². The van der Waals surface area contributed by atoms with Crippen molar-refractivity contribution in [1.82, 2.24) is 0 Å². The molecule has 8 nitrogen and oxygen atoms in total. The number of hydrogen-bond acceptors (Lipinski definition) is 6. The van der Waals surface area contributed by atoms with Gasteiger partial charge in [-0.1, -0.05) is 23.7 Å². The van der Waals surface area contributed by atoms with E-state index in [9.17, 15) is 19.2 Å². The van der Waals surface area contributed by atoms with Gasteiger partial charge >= 0.3 is 5.97 Å². The molecule has 36 heavy (non-hydrogen) atoms. The van der Waals surface area contributed by atoms with Crippen molar-refractivity contribution in [1.29, 1.82) is 0 Å². The van der Waals surface area contributed by atoms with Gasteiger partial charge in [-0.3, -0.25) is 14.4 Å². The number of carbonyl (C=O) groups excluding carboxylic acids is 4. The summed E-state index contributed by atoms with van der Waals surface area (Å²) in [5.74, 6) is -2.10. The molecule has 0 fully saturated rings. The number of rotatable bonds is 6. The summed E-state index contributed by atoms with van der Waals surface area (Å²) in [5.41, 5.74) is 3.87. The molecule has 0 atom stereocenters. The SMILES string of the molecule is COC(=O)c1ccc(NC(=O)c2cccc(NC3=C(Cl)C(=O)N(c4ccc(C)c(C)c4)C3=O)c2)cc1. The maximum absolute atomic E-state index is 13.1. The molecule has 0 aromatic heterocycles. The van der Waals surface area contributed by atoms with Crippen LogP contribution in [-0.4, -0.2) is 30.8 Å². The van der Waals surface area contributed by atoms with Crippen LogP contribution in [0.2, 0.25) is 0 Å². The normalized spacial score (nSPS) is 13.2. The number of imide groups is 1. The zero-order valence-corrected chi connectivity index (χ0v) is 20.5. The molecule has 1 aliphatic heterocycles. The van der Waals surface area contributed by atoms with Crippen LogP contribution >= 0.6 is 11.6 Å². The first-order valence-electron chi connectivity index (χ1n) is 10.9. The first-order chi connectivity index (χ1) is 17.2. The molecule has 182 valence electrons. The fraction of sp³-hybridized carbons (Fsp3) is 0.111. The van der Waals surface area contributed by atoms with E-state index < -0.39 is 23.7 Å². The molecule has 0 saturated heterocycles. The highest BCUT2D eigenvalue weighted by Gasteiger charge is 2.39. The summed E-state index contributed by atoms with van der Waals surface area (Å²) in [4.78, 5) is 51.2. The van der Waals surface area contributed by atoms with Crippen LogP contribution in [0.25, 0.3) is 0 Å². The Bertz CT molecular complexity index is 1430. The molecular formula is C27H22ClN3O5. The Kier molecular flexibility index (Phi) is 6.89. The number of amides is 3. The Morgan fingerprint density at radius 1 is 0.833 bits per heavy atom. The van der Waals surface area contributed by atoms with E-state index in [-0.39, 0.29) is 10.7 Å². The van der Waals surface area contributed by atoms with Gasteiger partial charge in [0.25, 0.3) is 17.7 Å². The van der Waals surface area contributed by atoms with Gasteiger partial charge < -0.3 is 15.4 Å². The minimum Gasteiger partial charge on any atom is -0.465 e. The Hall–Kier alpha value is -4.43. The average Bonchev–Trinajstić information content (AvgIpc) is 3.09. The molecule has 0 unspecified atom stereocenters. The molecule has 1 aliphatic rings. The Balaban J connectivity index is 1.50. The monoisotopic (exact) mass is 503 g/mol. The van der Waals surface area contributed by atoms with Gasteiger partial charge in [-0.15, -0.1) is 0 Å². The Labute approximate surface area is 212 Å². The second kappa shape index (κ2) is 10.1. The van der Waals surface area contributed by atoms with Crippen molar-refractivity contribution in [3.05, 3.63) is 99.7 Å². The molecule has 0 radical (unpaired) electrons. The molecule has 0 aliphatic carbocycles. The quantitative estimate of drug-likeness (QED) is 0.370. The van der Waals surface area contributed by atoms with E-state index in [0.717, 1.165) is 16.0 Å². The highest BCUT2D eigenvalue weighted by atomic mass is 35.5. The van der Waals surface area contributed by atoms with Crippen LogP contribution in [0.5, 0.6) is 0 Å². The summed E-state index contributed by atoms with van der Waals surface area (Å²) in [7, 11) is 1.29. The summed E-state index contributed by atoms with van der Waals surface area (Å²) in [5, 5.41) is 5.39.